The normalized spacial score (nSPS) is 15.0. The molecule has 0 aliphatic carbocycles. The molecule has 1 aliphatic rings. The van der Waals surface area contributed by atoms with Crippen molar-refractivity contribution in [1.82, 2.24) is 14.9 Å². The predicted molar refractivity (Wildman–Crippen MR) is 118 cm³/mol. The second-order valence-electron chi connectivity index (χ2n) is 7.79. The fourth-order valence-electron chi connectivity index (χ4n) is 4.24. The molecule has 1 aromatic carbocycles. The lowest BCUT2D eigenvalue weighted by atomic mass is 9.90. The number of pyridine rings is 1. The molecule has 0 saturated carbocycles. The minimum Gasteiger partial charge on any atom is -0.480 e. The number of aromatic amines is 1. The minimum absolute atomic E-state index is 0.0348. The zero-order valence-electron chi connectivity index (χ0n) is 17.5. The standard InChI is InChI=1S/C23H26FN3O2S/c1-14-20(30-3)18-13-19(22(29-2)26-21(18)25-14)23(28)27-10-8-16(9-11-27)12-15-4-6-17(24)7-5-15/h4-7,13,16H,8-12H2,1-3H3,(H,25,26). The summed E-state index contributed by atoms with van der Waals surface area (Å²) in [5.74, 6) is 0.612. The van der Waals surface area contributed by atoms with Gasteiger partial charge >= 0.3 is 0 Å². The maximum atomic E-state index is 13.3. The number of carbonyl (C=O) groups excluding carboxylic acids is 1. The largest absolute Gasteiger partial charge is 0.480 e. The van der Waals surface area contributed by atoms with Crippen LogP contribution >= 0.6 is 11.8 Å². The number of ether oxygens (including phenoxy) is 1. The number of piperidine rings is 1. The number of halogens is 1. The Bertz CT molecular complexity index is 1060. The lowest BCUT2D eigenvalue weighted by Gasteiger charge is -2.32. The van der Waals surface area contributed by atoms with Gasteiger partial charge in [-0.25, -0.2) is 4.39 Å². The lowest BCUT2D eigenvalue weighted by molar-refractivity contribution is 0.0686. The third-order valence-electron chi connectivity index (χ3n) is 5.85. The molecule has 7 heteroatoms. The SMILES string of the molecule is COc1nc2[nH]c(C)c(SC)c2cc1C(=O)N1CCC(Cc2ccc(F)cc2)CC1. The van der Waals surface area contributed by atoms with E-state index in [-0.39, 0.29) is 11.7 Å². The Morgan fingerprint density at radius 1 is 1.30 bits per heavy atom. The van der Waals surface area contributed by atoms with E-state index in [2.05, 4.69) is 9.97 Å². The summed E-state index contributed by atoms with van der Waals surface area (Å²) in [5.41, 5.74) is 3.43. The molecule has 0 unspecified atom stereocenters. The first-order valence-electron chi connectivity index (χ1n) is 10.1. The van der Waals surface area contributed by atoms with E-state index < -0.39 is 0 Å². The molecule has 1 amide bonds. The molecule has 158 valence electrons. The van der Waals surface area contributed by atoms with Crippen molar-refractivity contribution in [2.24, 2.45) is 5.92 Å². The first-order chi connectivity index (χ1) is 14.5. The number of methoxy groups -OCH3 is 1. The van der Waals surface area contributed by atoms with E-state index in [0.717, 1.165) is 46.4 Å². The van der Waals surface area contributed by atoms with Gasteiger partial charge in [0, 0.05) is 29.1 Å². The van der Waals surface area contributed by atoms with Crippen LogP contribution in [0, 0.1) is 18.7 Å². The Balaban J connectivity index is 1.49. The summed E-state index contributed by atoms with van der Waals surface area (Å²) >= 11 is 1.64. The van der Waals surface area contributed by atoms with Crippen LogP contribution in [0.2, 0.25) is 0 Å². The molecule has 0 atom stereocenters. The predicted octanol–water partition coefficient (Wildman–Crippen LogP) is 4.84. The van der Waals surface area contributed by atoms with Gasteiger partial charge in [-0.1, -0.05) is 12.1 Å². The van der Waals surface area contributed by atoms with Crippen molar-refractivity contribution in [3.05, 3.63) is 53.0 Å². The number of fused-ring (bicyclic) bond motifs is 1. The van der Waals surface area contributed by atoms with E-state index in [1.165, 1.54) is 12.1 Å². The summed E-state index contributed by atoms with van der Waals surface area (Å²) in [6, 6.07) is 8.62. The van der Waals surface area contributed by atoms with E-state index in [1.807, 2.05) is 36.3 Å². The average Bonchev–Trinajstić information content (AvgIpc) is 3.08. The molecule has 1 saturated heterocycles. The highest BCUT2D eigenvalue weighted by atomic mass is 32.2. The molecule has 1 fully saturated rings. The molecule has 2 aromatic heterocycles. The van der Waals surface area contributed by atoms with E-state index in [9.17, 15) is 9.18 Å². The van der Waals surface area contributed by atoms with Crippen LogP contribution in [0.3, 0.4) is 0 Å². The number of nitrogens with one attached hydrogen (secondary N) is 1. The monoisotopic (exact) mass is 427 g/mol. The summed E-state index contributed by atoms with van der Waals surface area (Å²) in [6.07, 6.45) is 4.80. The number of carbonyl (C=O) groups is 1. The number of hydrogen-bond donors (Lipinski definition) is 1. The van der Waals surface area contributed by atoms with Crippen LogP contribution in [0.15, 0.2) is 35.2 Å². The Hall–Kier alpha value is -2.54. The Morgan fingerprint density at radius 2 is 2.00 bits per heavy atom. The Labute approximate surface area is 180 Å². The van der Waals surface area contributed by atoms with Crippen molar-refractivity contribution >= 4 is 28.7 Å². The molecule has 30 heavy (non-hydrogen) atoms. The van der Waals surface area contributed by atoms with Crippen LogP contribution in [-0.4, -0.2) is 47.2 Å². The van der Waals surface area contributed by atoms with E-state index >= 15 is 0 Å². The second-order valence-corrected chi connectivity index (χ2v) is 8.61. The van der Waals surface area contributed by atoms with Gasteiger partial charge in [0.25, 0.3) is 5.91 Å². The molecule has 0 radical (unpaired) electrons. The molecule has 3 aromatic rings. The molecule has 4 rings (SSSR count). The first-order valence-corrected chi connectivity index (χ1v) is 11.4. The van der Waals surface area contributed by atoms with Gasteiger partial charge in [-0.15, -0.1) is 11.8 Å². The zero-order chi connectivity index (χ0) is 21.3. The summed E-state index contributed by atoms with van der Waals surface area (Å²) in [7, 11) is 1.55. The van der Waals surface area contributed by atoms with Crippen LogP contribution in [0.4, 0.5) is 4.39 Å². The van der Waals surface area contributed by atoms with Gasteiger partial charge in [-0.05, 0) is 62.1 Å². The molecule has 1 aliphatic heterocycles. The van der Waals surface area contributed by atoms with Gasteiger partial charge in [0.05, 0.1) is 7.11 Å². The third-order valence-corrected chi connectivity index (χ3v) is 6.78. The quantitative estimate of drug-likeness (QED) is 0.592. The number of H-pyrrole nitrogens is 1. The van der Waals surface area contributed by atoms with Gasteiger partial charge in [-0.3, -0.25) is 4.79 Å². The number of likely N-dealkylation sites (tertiary alicyclic amines) is 1. The van der Waals surface area contributed by atoms with Crippen LogP contribution in [0.1, 0.15) is 34.5 Å². The highest BCUT2D eigenvalue weighted by Crippen LogP contribution is 2.33. The topological polar surface area (TPSA) is 58.2 Å². The van der Waals surface area contributed by atoms with Crippen molar-refractivity contribution in [1.29, 1.82) is 0 Å². The minimum atomic E-state index is -0.207. The molecule has 5 nitrogen and oxygen atoms in total. The fraction of sp³-hybridized carbons (Fsp3) is 0.391. The number of aryl methyl sites for hydroxylation is 1. The van der Waals surface area contributed by atoms with Gasteiger partial charge in [-0.2, -0.15) is 4.98 Å². The number of hydrogen-bond acceptors (Lipinski definition) is 4. The highest BCUT2D eigenvalue weighted by molar-refractivity contribution is 7.98. The van der Waals surface area contributed by atoms with Crippen molar-refractivity contribution < 1.29 is 13.9 Å². The fourth-order valence-corrected chi connectivity index (χ4v) is 4.97. The van der Waals surface area contributed by atoms with Gasteiger partial charge in [0.1, 0.15) is 17.0 Å². The number of benzene rings is 1. The average molecular weight is 428 g/mol. The number of thioether (sulfide) groups is 1. The molecule has 3 heterocycles. The van der Waals surface area contributed by atoms with E-state index in [1.54, 1.807) is 18.9 Å². The molecule has 0 bridgehead atoms. The second kappa shape index (κ2) is 8.68. The first kappa shape index (κ1) is 20.7. The van der Waals surface area contributed by atoms with E-state index in [4.69, 9.17) is 4.74 Å². The number of aromatic nitrogens is 2. The summed E-state index contributed by atoms with van der Waals surface area (Å²) < 4.78 is 18.6. The Kier molecular flexibility index (Phi) is 5.99. The van der Waals surface area contributed by atoms with Gasteiger partial charge in [0.15, 0.2) is 0 Å². The van der Waals surface area contributed by atoms with Crippen LogP contribution in [0.5, 0.6) is 5.88 Å². The van der Waals surface area contributed by atoms with E-state index in [0.29, 0.717) is 30.5 Å². The Morgan fingerprint density at radius 3 is 2.63 bits per heavy atom. The molecule has 0 spiro atoms. The van der Waals surface area contributed by atoms with Crippen molar-refractivity contribution in [3.63, 3.8) is 0 Å². The maximum absolute atomic E-state index is 13.3. The number of amides is 1. The number of rotatable bonds is 5. The molecular weight excluding hydrogens is 401 g/mol. The molecule has 1 N–H and O–H groups in total. The third kappa shape index (κ3) is 4.03. The highest BCUT2D eigenvalue weighted by Gasteiger charge is 2.27. The van der Waals surface area contributed by atoms with Crippen molar-refractivity contribution in [2.45, 2.75) is 31.1 Å². The zero-order valence-corrected chi connectivity index (χ0v) is 18.3. The smallest absolute Gasteiger partial charge is 0.259 e. The maximum Gasteiger partial charge on any atom is 0.259 e. The van der Waals surface area contributed by atoms with Gasteiger partial charge < -0.3 is 14.6 Å². The van der Waals surface area contributed by atoms with Crippen LogP contribution in [-0.2, 0) is 6.42 Å². The van der Waals surface area contributed by atoms with Gasteiger partial charge in [0.2, 0.25) is 5.88 Å². The van der Waals surface area contributed by atoms with Crippen LogP contribution < -0.4 is 4.74 Å². The van der Waals surface area contributed by atoms with Crippen molar-refractivity contribution in [2.75, 3.05) is 26.5 Å². The number of nitrogens with zero attached hydrogens (tertiary/aromatic N) is 2. The summed E-state index contributed by atoms with van der Waals surface area (Å²) in [4.78, 5) is 24.1. The van der Waals surface area contributed by atoms with Crippen LogP contribution in [0.25, 0.3) is 11.0 Å². The molecular formula is C23H26FN3O2S. The summed E-state index contributed by atoms with van der Waals surface area (Å²) in [6.45, 7) is 3.41. The summed E-state index contributed by atoms with van der Waals surface area (Å²) in [5, 5.41) is 0.954. The lowest BCUT2D eigenvalue weighted by Crippen LogP contribution is -2.39. The van der Waals surface area contributed by atoms with Crippen molar-refractivity contribution in [3.8, 4) is 5.88 Å².